The minimum Gasteiger partial charge on any atom is -0.497 e. The Kier molecular flexibility index (Phi) is 6.02. The van der Waals surface area contributed by atoms with Crippen LogP contribution in [0.1, 0.15) is 12.5 Å². The van der Waals surface area contributed by atoms with E-state index in [0.29, 0.717) is 41.8 Å². The number of para-hydroxylation sites is 2. The molecule has 0 spiro atoms. The molecule has 174 valence electrons. The van der Waals surface area contributed by atoms with Crippen LogP contribution >= 0.6 is 11.6 Å². The van der Waals surface area contributed by atoms with Gasteiger partial charge >= 0.3 is 6.03 Å². The largest absolute Gasteiger partial charge is 0.497 e. The minimum absolute atomic E-state index is 0.0233. The first-order valence-electron chi connectivity index (χ1n) is 11.1. The SMILES string of the molecule is COc1ccc2c(c1)Oc1ccccc1N=C2N1CCN(C(=O)Nc2ccc(Cl)cc2)[C@@H](C)C1. The molecule has 1 atom stereocenters. The second-order valence-corrected chi connectivity index (χ2v) is 8.73. The maximum atomic E-state index is 12.9. The van der Waals surface area contributed by atoms with Gasteiger partial charge in [0.2, 0.25) is 0 Å². The number of halogens is 1. The number of methoxy groups -OCH3 is 1. The van der Waals surface area contributed by atoms with Crippen molar-refractivity contribution in [2.75, 3.05) is 32.1 Å². The van der Waals surface area contributed by atoms with Gasteiger partial charge in [-0.15, -0.1) is 0 Å². The highest BCUT2D eigenvalue weighted by atomic mass is 35.5. The van der Waals surface area contributed by atoms with Crippen LogP contribution in [-0.2, 0) is 0 Å². The monoisotopic (exact) mass is 476 g/mol. The number of aliphatic imine (C=N–C) groups is 1. The molecule has 0 radical (unpaired) electrons. The second kappa shape index (κ2) is 9.27. The van der Waals surface area contributed by atoms with Crippen molar-refractivity contribution in [3.8, 4) is 17.2 Å². The fraction of sp³-hybridized carbons (Fsp3) is 0.231. The molecular weight excluding hydrogens is 452 g/mol. The van der Waals surface area contributed by atoms with Gasteiger partial charge in [-0.05, 0) is 55.5 Å². The lowest BCUT2D eigenvalue weighted by Crippen LogP contribution is -2.56. The van der Waals surface area contributed by atoms with Gasteiger partial charge in [-0.25, -0.2) is 9.79 Å². The first-order chi connectivity index (χ1) is 16.5. The Morgan fingerprint density at radius 3 is 2.65 bits per heavy atom. The van der Waals surface area contributed by atoms with E-state index in [1.54, 1.807) is 31.4 Å². The third kappa shape index (κ3) is 4.39. The molecule has 1 saturated heterocycles. The number of nitrogens with zero attached hydrogens (tertiary/aromatic N) is 3. The number of piperazine rings is 1. The molecule has 0 saturated carbocycles. The molecule has 0 aromatic heterocycles. The van der Waals surface area contributed by atoms with Gasteiger partial charge in [0.05, 0.1) is 12.7 Å². The average Bonchev–Trinajstić information content (AvgIpc) is 3.01. The van der Waals surface area contributed by atoms with Crippen LogP contribution in [0.2, 0.25) is 5.02 Å². The summed E-state index contributed by atoms with van der Waals surface area (Å²) in [5, 5.41) is 3.59. The van der Waals surface area contributed by atoms with Gasteiger partial charge in [0, 0.05) is 42.5 Å². The highest BCUT2D eigenvalue weighted by Crippen LogP contribution is 2.39. The predicted molar refractivity (Wildman–Crippen MR) is 134 cm³/mol. The molecule has 8 heteroatoms. The summed E-state index contributed by atoms with van der Waals surface area (Å²) < 4.78 is 11.6. The molecule has 5 rings (SSSR count). The van der Waals surface area contributed by atoms with Crippen molar-refractivity contribution in [2.24, 2.45) is 4.99 Å². The summed E-state index contributed by atoms with van der Waals surface area (Å²) in [5.41, 5.74) is 2.38. The van der Waals surface area contributed by atoms with Gasteiger partial charge in [0.1, 0.15) is 23.0 Å². The van der Waals surface area contributed by atoms with Crippen LogP contribution in [0.25, 0.3) is 0 Å². The van der Waals surface area contributed by atoms with Crippen molar-refractivity contribution in [3.05, 3.63) is 77.3 Å². The Balaban J connectivity index is 1.39. The van der Waals surface area contributed by atoms with E-state index in [-0.39, 0.29) is 12.1 Å². The van der Waals surface area contributed by atoms with E-state index in [0.717, 1.165) is 22.8 Å². The predicted octanol–water partition coefficient (Wildman–Crippen LogP) is 5.77. The maximum absolute atomic E-state index is 12.9. The number of carbonyl (C=O) groups excluding carboxylic acids is 1. The standard InChI is InChI=1S/C26H25ClN4O3/c1-17-16-30(13-14-31(17)26(32)28-19-9-7-18(27)8-10-19)25-21-12-11-20(33-2)15-24(21)34-23-6-4-3-5-22(23)29-25/h3-12,15,17H,13-14,16H2,1-2H3,(H,28,32)/t17-/m0/s1. The fourth-order valence-electron chi connectivity index (χ4n) is 4.25. The molecule has 0 aliphatic carbocycles. The van der Waals surface area contributed by atoms with E-state index in [1.807, 2.05) is 54.3 Å². The minimum atomic E-state index is -0.129. The van der Waals surface area contributed by atoms with Crippen LogP contribution in [0.15, 0.2) is 71.7 Å². The first kappa shape index (κ1) is 22.1. The molecule has 1 fully saturated rings. The lowest BCUT2D eigenvalue weighted by Gasteiger charge is -2.41. The van der Waals surface area contributed by atoms with Crippen molar-refractivity contribution >= 4 is 34.8 Å². The highest BCUT2D eigenvalue weighted by Gasteiger charge is 2.31. The first-order valence-corrected chi connectivity index (χ1v) is 11.5. The third-order valence-corrected chi connectivity index (χ3v) is 6.28. The van der Waals surface area contributed by atoms with Crippen LogP contribution < -0.4 is 14.8 Å². The van der Waals surface area contributed by atoms with Crippen molar-refractivity contribution in [1.82, 2.24) is 9.80 Å². The molecular formula is C26H25ClN4O3. The smallest absolute Gasteiger partial charge is 0.322 e. The zero-order valence-electron chi connectivity index (χ0n) is 19.0. The molecule has 1 N–H and O–H groups in total. The van der Waals surface area contributed by atoms with Crippen LogP contribution in [0.4, 0.5) is 16.2 Å². The molecule has 2 heterocycles. The molecule has 3 aromatic rings. The number of benzene rings is 3. The number of hydrogen-bond acceptors (Lipinski definition) is 5. The van der Waals surface area contributed by atoms with Gasteiger partial charge in [-0.2, -0.15) is 0 Å². The van der Waals surface area contributed by atoms with Crippen molar-refractivity contribution in [3.63, 3.8) is 0 Å². The zero-order chi connectivity index (χ0) is 23.7. The highest BCUT2D eigenvalue weighted by molar-refractivity contribution is 6.30. The van der Waals surface area contributed by atoms with Gasteiger partial charge in [-0.3, -0.25) is 0 Å². The van der Waals surface area contributed by atoms with E-state index >= 15 is 0 Å². The Morgan fingerprint density at radius 1 is 1.09 bits per heavy atom. The average molecular weight is 477 g/mol. The molecule has 2 aliphatic heterocycles. The number of rotatable bonds is 2. The lowest BCUT2D eigenvalue weighted by atomic mass is 10.1. The van der Waals surface area contributed by atoms with Crippen LogP contribution in [-0.4, -0.2) is 54.5 Å². The topological polar surface area (TPSA) is 66.4 Å². The van der Waals surface area contributed by atoms with Crippen molar-refractivity contribution in [1.29, 1.82) is 0 Å². The molecule has 3 aromatic carbocycles. The van der Waals surface area contributed by atoms with E-state index in [4.69, 9.17) is 26.1 Å². The summed E-state index contributed by atoms with van der Waals surface area (Å²) in [4.78, 5) is 22.0. The van der Waals surface area contributed by atoms with E-state index in [1.165, 1.54) is 0 Å². The molecule has 0 bridgehead atoms. The van der Waals surface area contributed by atoms with Gasteiger partial charge in [0.25, 0.3) is 0 Å². The molecule has 2 amide bonds. The third-order valence-electron chi connectivity index (χ3n) is 6.02. The van der Waals surface area contributed by atoms with E-state index in [2.05, 4.69) is 10.2 Å². The number of amidine groups is 1. The molecule has 7 nitrogen and oxygen atoms in total. The Bertz CT molecular complexity index is 1250. The Morgan fingerprint density at radius 2 is 1.88 bits per heavy atom. The lowest BCUT2D eigenvalue weighted by molar-refractivity contribution is 0.145. The summed E-state index contributed by atoms with van der Waals surface area (Å²) in [5.74, 6) is 2.93. The summed E-state index contributed by atoms with van der Waals surface area (Å²) in [6.07, 6.45) is 0. The summed E-state index contributed by atoms with van der Waals surface area (Å²) in [6.45, 7) is 3.89. The Hall–Kier alpha value is -3.71. The quantitative estimate of drug-likeness (QED) is 0.509. The summed E-state index contributed by atoms with van der Waals surface area (Å²) in [7, 11) is 1.64. The maximum Gasteiger partial charge on any atom is 0.322 e. The summed E-state index contributed by atoms with van der Waals surface area (Å²) in [6, 6.07) is 20.5. The van der Waals surface area contributed by atoms with Crippen LogP contribution in [0.3, 0.4) is 0 Å². The zero-order valence-corrected chi connectivity index (χ0v) is 19.7. The van der Waals surface area contributed by atoms with Gasteiger partial charge in [-0.1, -0.05) is 23.7 Å². The number of amides is 2. The molecule has 34 heavy (non-hydrogen) atoms. The van der Waals surface area contributed by atoms with Crippen molar-refractivity contribution in [2.45, 2.75) is 13.0 Å². The number of hydrogen-bond donors (Lipinski definition) is 1. The number of ether oxygens (including phenoxy) is 2. The van der Waals surface area contributed by atoms with Gasteiger partial charge in [0.15, 0.2) is 5.75 Å². The number of carbonyl (C=O) groups is 1. The van der Waals surface area contributed by atoms with Gasteiger partial charge < -0.3 is 24.6 Å². The Labute approximate surface area is 203 Å². The number of urea groups is 1. The van der Waals surface area contributed by atoms with Crippen molar-refractivity contribution < 1.29 is 14.3 Å². The van der Waals surface area contributed by atoms with E-state index in [9.17, 15) is 4.79 Å². The normalized spacial score (nSPS) is 17.0. The number of fused-ring (bicyclic) bond motifs is 2. The number of anilines is 1. The molecule has 0 unspecified atom stereocenters. The second-order valence-electron chi connectivity index (χ2n) is 8.29. The molecule has 2 aliphatic rings. The van der Waals surface area contributed by atoms with Crippen LogP contribution in [0, 0.1) is 0 Å². The number of nitrogens with one attached hydrogen (secondary N) is 1. The summed E-state index contributed by atoms with van der Waals surface area (Å²) >= 11 is 5.95. The van der Waals surface area contributed by atoms with Crippen LogP contribution in [0.5, 0.6) is 17.2 Å². The fourth-order valence-corrected chi connectivity index (χ4v) is 4.37. The van der Waals surface area contributed by atoms with E-state index < -0.39 is 0 Å².